The highest BCUT2D eigenvalue weighted by molar-refractivity contribution is 5.69. The molecule has 2 heteroatoms. The summed E-state index contributed by atoms with van der Waals surface area (Å²) >= 11 is 0. The predicted molar refractivity (Wildman–Crippen MR) is 82.6 cm³/mol. The molecule has 0 aliphatic rings. The summed E-state index contributed by atoms with van der Waals surface area (Å²) in [6, 6.07) is 8.52. The van der Waals surface area contributed by atoms with Gasteiger partial charge in [-0.05, 0) is 24.5 Å². The van der Waals surface area contributed by atoms with Crippen molar-refractivity contribution in [1.29, 1.82) is 0 Å². The lowest BCUT2D eigenvalue weighted by atomic mass is 9.99. The highest BCUT2D eigenvalue weighted by atomic mass is 15.1. The molecular formula is C16H28N2. The molecule has 1 atom stereocenters. The third kappa shape index (κ3) is 4.59. The van der Waals surface area contributed by atoms with Crippen molar-refractivity contribution in [2.45, 2.75) is 39.5 Å². The monoisotopic (exact) mass is 248 g/mol. The first kappa shape index (κ1) is 14.9. The fourth-order valence-corrected chi connectivity index (χ4v) is 2.21. The zero-order valence-electron chi connectivity index (χ0n) is 12.4. The lowest BCUT2D eigenvalue weighted by molar-refractivity contribution is 0.473. The summed E-state index contributed by atoms with van der Waals surface area (Å²) < 4.78 is 0. The van der Waals surface area contributed by atoms with Gasteiger partial charge in [-0.25, -0.2) is 0 Å². The SMILES string of the molecule is CCCCC(CC)CNc1ccccc1N(C)C. The van der Waals surface area contributed by atoms with Gasteiger partial charge in [0.2, 0.25) is 0 Å². The van der Waals surface area contributed by atoms with Crippen molar-refractivity contribution in [3.63, 3.8) is 0 Å². The average Bonchev–Trinajstić information content (AvgIpc) is 2.39. The molecule has 0 heterocycles. The summed E-state index contributed by atoms with van der Waals surface area (Å²) in [5, 5.41) is 3.61. The maximum absolute atomic E-state index is 3.61. The molecule has 1 aromatic rings. The zero-order chi connectivity index (χ0) is 13.4. The molecule has 2 nitrogen and oxygen atoms in total. The molecular weight excluding hydrogens is 220 g/mol. The smallest absolute Gasteiger partial charge is 0.0596 e. The van der Waals surface area contributed by atoms with Crippen LogP contribution in [0, 0.1) is 5.92 Å². The van der Waals surface area contributed by atoms with Gasteiger partial charge in [0.25, 0.3) is 0 Å². The molecule has 18 heavy (non-hydrogen) atoms. The number of para-hydroxylation sites is 2. The third-order valence-electron chi connectivity index (χ3n) is 3.51. The van der Waals surface area contributed by atoms with E-state index in [1.165, 1.54) is 37.1 Å². The molecule has 0 aliphatic carbocycles. The molecule has 0 aromatic heterocycles. The van der Waals surface area contributed by atoms with Gasteiger partial charge in [-0.1, -0.05) is 45.2 Å². The first-order valence-corrected chi connectivity index (χ1v) is 7.19. The van der Waals surface area contributed by atoms with Crippen LogP contribution in [0.4, 0.5) is 11.4 Å². The minimum atomic E-state index is 0.792. The van der Waals surface area contributed by atoms with E-state index in [0.717, 1.165) is 12.5 Å². The molecule has 0 spiro atoms. The van der Waals surface area contributed by atoms with E-state index in [4.69, 9.17) is 0 Å². The number of unbranched alkanes of at least 4 members (excludes halogenated alkanes) is 1. The number of nitrogens with zero attached hydrogens (tertiary/aromatic N) is 1. The van der Waals surface area contributed by atoms with Crippen molar-refractivity contribution in [3.05, 3.63) is 24.3 Å². The van der Waals surface area contributed by atoms with Gasteiger partial charge in [0.05, 0.1) is 11.4 Å². The number of hydrogen-bond donors (Lipinski definition) is 1. The van der Waals surface area contributed by atoms with Crippen molar-refractivity contribution >= 4 is 11.4 Å². The van der Waals surface area contributed by atoms with Crippen LogP contribution < -0.4 is 10.2 Å². The maximum Gasteiger partial charge on any atom is 0.0596 e. The Labute approximate surface area is 112 Å². The Morgan fingerprint density at radius 1 is 1.17 bits per heavy atom. The molecule has 1 unspecified atom stereocenters. The topological polar surface area (TPSA) is 15.3 Å². The first-order valence-electron chi connectivity index (χ1n) is 7.19. The quantitative estimate of drug-likeness (QED) is 0.734. The van der Waals surface area contributed by atoms with E-state index in [9.17, 15) is 0 Å². The molecule has 0 bridgehead atoms. The molecule has 0 fully saturated rings. The largest absolute Gasteiger partial charge is 0.383 e. The summed E-state index contributed by atoms with van der Waals surface area (Å²) in [5.41, 5.74) is 2.51. The summed E-state index contributed by atoms with van der Waals surface area (Å²) in [7, 11) is 4.18. The number of nitrogens with one attached hydrogen (secondary N) is 1. The molecule has 1 N–H and O–H groups in total. The highest BCUT2D eigenvalue weighted by Gasteiger charge is 2.08. The second-order valence-electron chi connectivity index (χ2n) is 5.21. The Balaban J connectivity index is 2.56. The van der Waals surface area contributed by atoms with Crippen LogP contribution in [0.25, 0.3) is 0 Å². The van der Waals surface area contributed by atoms with Crippen LogP contribution in [0.5, 0.6) is 0 Å². The van der Waals surface area contributed by atoms with Crippen LogP contribution in [-0.4, -0.2) is 20.6 Å². The highest BCUT2D eigenvalue weighted by Crippen LogP contribution is 2.24. The van der Waals surface area contributed by atoms with Gasteiger partial charge >= 0.3 is 0 Å². The minimum absolute atomic E-state index is 0.792. The molecule has 0 aliphatic heterocycles. The first-order chi connectivity index (χ1) is 8.69. The van der Waals surface area contributed by atoms with Crippen LogP contribution in [0.15, 0.2) is 24.3 Å². The van der Waals surface area contributed by atoms with E-state index >= 15 is 0 Å². The molecule has 1 aromatic carbocycles. The average molecular weight is 248 g/mol. The second kappa shape index (κ2) is 8.02. The molecule has 0 radical (unpaired) electrons. The number of benzene rings is 1. The Bertz CT molecular complexity index is 334. The summed E-state index contributed by atoms with van der Waals surface area (Å²) in [6.07, 6.45) is 5.24. The van der Waals surface area contributed by atoms with Crippen molar-refractivity contribution in [3.8, 4) is 0 Å². The summed E-state index contributed by atoms with van der Waals surface area (Å²) in [5.74, 6) is 0.792. The van der Waals surface area contributed by atoms with E-state index in [0.29, 0.717) is 0 Å². The Kier molecular flexibility index (Phi) is 6.63. The summed E-state index contributed by atoms with van der Waals surface area (Å²) in [6.45, 7) is 5.64. The van der Waals surface area contributed by atoms with Crippen LogP contribution in [0.3, 0.4) is 0 Å². The molecule has 102 valence electrons. The van der Waals surface area contributed by atoms with Crippen LogP contribution in [-0.2, 0) is 0 Å². The van der Waals surface area contributed by atoms with E-state index in [-0.39, 0.29) is 0 Å². The molecule has 1 rings (SSSR count). The minimum Gasteiger partial charge on any atom is -0.383 e. The van der Waals surface area contributed by atoms with Crippen LogP contribution in [0.2, 0.25) is 0 Å². The van der Waals surface area contributed by atoms with E-state index < -0.39 is 0 Å². The number of anilines is 2. The fraction of sp³-hybridized carbons (Fsp3) is 0.625. The predicted octanol–water partition coefficient (Wildman–Crippen LogP) is 4.38. The van der Waals surface area contributed by atoms with Gasteiger partial charge in [-0.3, -0.25) is 0 Å². The Morgan fingerprint density at radius 2 is 1.89 bits per heavy atom. The van der Waals surface area contributed by atoms with Gasteiger partial charge in [-0.2, -0.15) is 0 Å². The van der Waals surface area contributed by atoms with Gasteiger partial charge in [0.15, 0.2) is 0 Å². The lowest BCUT2D eigenvalue weighted by Crippen LogP contribution is -2.17. The van der Waals surface area contributed by atoms with E-state index in [2.05, 4.69) is 62.4 Å². The lowest BCUT2D eigenvalue weighted by Gasteiger charge is -2.21. The van der Waals surface area contributed by atoms with Gasteiger partial charge < -0.3 is 10.2 Å². The van der Waals surface area contributed by atoms with Gasteiger partial charge in [0.1, 0.15) is 0 Å². The Hall–Kier alpha value is -1.18. The van der Waals surface area contributed by atoms with E-state index in [1.807, 2.05) is 0 Å². The molecule has 0 saturated heterocycles. The number of rotatable bonds is 8. The van der Waals surface area contributed by atoms with Crippen molar-refractivity contribution in [1.82, 2.24) is 0 Å². The van der Waals surface area contributed by atoms with Crippen LogP contribution >= 0.6 is 0 Å². The number of hydrogen-bond acceptors (Lipinski definition) is 2. The molecule has 0 saturated carbocycles. The molecule has 0 amide bonds. The van der Waals surface area contributed by atoms with Crippen LogP contribution in [0.1, 0.15) is 39.5 Å². The fourth-order valence-electron chi connectivity index (χ4n) is 2.21. The second-order valence-corrected chi connectivity index (χ2v) is 5.21. The standard InChI is InChI=1S/C16H28N2/c1-5-7-10-14(6-2)13-17-15-11-8-9-12-16(15)18(3)4/h8-9,11-12,14,17H,5-7,10,13H2,1-4H3. The maximum atomic E-state index is 3.61. The van der Waals surface area contributed by atoms with Crippen molar-refractivity contribution in [2.75, 3.05) is 30.9 Å². The normalized spacial score (nSPS) is 12.2. The van der Waals surface area contributed by atoms with Crippen molar-refractivity contribution < 1.29 is 0 Å². The van der Waals surface area contributed by atoms with E-state index in [1.54, 1.807) is 0 Å². The third-order valence-corrected chi connectivity index (χ3v) is 3.51. The Morgan fingerprint density at radius 3 is 2.50 bits per heavy atom. The summed E-state index contributed by atoms with van der Waals surface area (Å²) in [4.78, 5) is 2.16. The van der Waals surface area contributed by atoms with Crippen molar-refractivity contribution in [2.24, 2.45) is 5.92 Å². The zero-order valence-corrected chi connectivity index (χ0v) is 12.4. The van der Waals surface area contributed by atoms with Gasteiger partial charge in [-0.15, -0.1) is 0 Å². The van der Waals surface area contributed by atoms with Gasteiger partial charge in [0, 0.05) is 20.6 Å².